The first-order valence-electron chi connectivity index (χ1n) is 12.3. The Morgan fingerprint density at radius 3 is 2.56 bits per heavy atom. The van der Waals surface area contributed by atoms with Gasteiger partial charge in [0, 0.05) is 23.4 Å². The second-order valence-corrected chi connectivity index (χ2v) is 9.03. The second-order valence-electron chi connectivity index (χ2n) is 9.03. The number of ether oxygens (including phenoxy) is 2. The minimum atomic E-state index is -0.569. The monoisotopic (exact) mass is 518 g/mol. The van der Waals surface area contributed by atoms with Crippen molar-refractivity contribution in [1.82, 2.24) is 15.0 Å². The zero-order valence-corrected chi connectivity index (χ0v) is 21.7. The van der Waals surface area contributed by atoms with Crippen LogP contribution in [0.5, 0.6) is 11.6 Å². The molecule has 9 heteroatoms. The van der Waals surface area contributed by atoms with Gasteiger partial charge in [-0.15, -0.1) is 0 Å². The number of anilines is 2. The van der Waals surface area contributed by atoms with Crippen LogP contribution in [0.2, 0.25) is 0 Å². The number of nitrogens with two attached hydrogens (primary N) is 1. The Morgan fingerprint density at radius 2 is 1.85 bits per heavy atom. The number of hydrogen-bond donors (Lipinski definition) is 2. The third-order valence-corrected chi connectivity index (χ3v) is 6.72. The molecular weight excluding hydrogens is 492 g/mol. The highest BCUT2D eigenvalue weighted by Gasteiger charge is 2.35. The van der Waals surface area contributed by atoms with Crippen LogP contribution in [0.25, 0.3) is 17.2 Å². The Bertz CT molecular complexity index is 1630. The summed E-state index contributed by atoms with van der Waals surface area (Å²) in [7, 11) is 3.08. The molecular formula is C30H26N6O3. The molecule has 4 aromatic rings. The molecule has 2 atom stereocenters. The van der Waals surface area contributed by atoms with Crippen molar-refractivity contribution in [1.29, 1.82) is 5.26 Å². The van der Waals surface area contributed by atoms with Crippen LogP contribution in [-0.2, 0) is 0 Å². The number of nitrogen functional groups attached to an aromatic ring is 1. The lowest BCUT2D eigenvalue weighted by Crippen LogP contribution is -2.30. The number of carbonyl (C=O) groups excluding carboxylic acids is 1. The minimum Gasteiger partial charge on any atom is -0.491 e. The molecule has 0 bridgehead atoms. The van der Waals surface area contributed by atoms with Gasteiger partial charge in [-0.2, -0.15) is 10.2 Å². The normalized spacial score (nSPS) is 15.0. The number of nitrogens with one attached hydrogen (secondary N) is 1. The highest BCUT2D eigenvalue weighted by atomic mass is 16.5. The standard InChI is InChI=1S/C30H26N6O3/c1-17(35-28-21(14-31)16-34-30(32)36-28)23-12-19-10-7-11-22(20-13-24(38-2)29(39-3)33-15-20)26(19)27(37)25(23)18-8-5-4-6-9-18/h4-13,15-17,25H,1-3H3,(H3,32,34,35,36)/t17-,25?/m0/s1. The van der Waals surface area contributed by atoms with Crippen LogP contribution in [0, 0.1) is 11.3 Å². The Balaban J connectivity index is 1.65. The summed E-state index contributed by atoms with van der Waals surface area (Å²) in [6, 6.07) is 18.9. The summed E-state index contributed by atoms with van der Waals surface area (Å²) >= 11 is 0. The van der Waals surface area contributed by atoms with Crippen LogP contribution in [0.3, 0.4) is 0 Å². The van der Waals surface area contributed by atoms with Gasteiger partial charge in [0.15, 0.2) is 11.5 Å². The second kappa shape index (κ2) is 10.6. The van der Waals surface area contributed by atoms with E-state index in [1.807, 2.05) is 67.6 Å². The highest BCUT2D eigenvalue weighted by Crippen LogP contribution is 2.42. The molecule has 0 amide bonds. The van der Waals surface area contributed by atoms with Crippen molar-refractivity contribution in [3.05, 3.63) is 94.8 Å². The van der Waals surface area contributed by atoms with Gasteiger partial charge in [-0.25, -0.2) is 9.97 Å². The van der Waals surface area contributed by atoms with Crippen molar-refractivity contribution in [3.8, 4) is 28.8 Å². The SMILES string of the molecule is COc1cc(-c2cccc3c2C(=O)C(c2ccccc2)C([C@H](C)Nc2nc(N)ncc2C#N)=C3)cnc1OC. The van der Waals surface area contributed by atoms with E-state index in [1.165, 1.54) is 13.3 Å². The molecule has 1 aliphatic rings. The number of carbonyl (C=O) groups is 1. The zero-order valence-electron chi connectivity index (χ0n) is 21.7. The number of methoxy groups -OCH3 is 2. The fraction of sp³-hybridized carbons (Fsp3) is 0.167. The van der Waals surface area contributed by atoms with Crippen LogP contribution < -0.4 is 20.5 Å². The lowest BCUT2D eigenvalue weighted by atomic mass is 9.74. The minimum absolute atomic E-state index is 0.0459. The Morgan fingerprint density at radius 1 is 1.05 bits per heavy atom. The van der Waals surface area contributed by atoms with E-state index in [0.717, 1.165) is 27.8 Å². The average molecular weight is 519 g/mol. The molecule has 2 aromatic carbocycles. The molecule has 0 saturated carbocycles. The fourth-order valence-electron chi connectivity index (χ4n) is 4.88. The van der Waals surface area contributed by atoms with Gasteiger partial charge in [0.25, 0.3) is 5.88 Å². The van der Waals surface area contributed by atoms with Crippen molar-refractivity contribution in [2.24, 2.45) is 0 Å². The van der Waals surface area contributed by atoms with Crippen molar-refractivity contribution in [2.75, 3.05) is 25.3 Å². The van der Waals surface area contributed by atoms with Gasteiger partial charge in [-0.1, -0.05) is 54.6 Å². The molecule has 0 radical (unpaired) electrons. The molecule has 1 unspecified atom stereocenters. The Labute approximate surface area is 226 Å². The molecule has 0 spiro atoms. The molecule has 39 heavy (non-hydrogen) atoms. The third kappa shape index (κ3) is 4.76. The van der Waals surface area contributed by atoms with Crippen molar-refractivity contribution < 1.29 is 14.3 Å². The predicted octanol–water partition coefficient (Wildman–Crippen LogP) is 4.87. The number of rotatable bonds is 7. The van der Waals surface area contributed by atoms with E-state index in [9.17, 15) is 10.1 Å². The zero-order chi connectivity index (χ0) is 27.5. The Hall–Kier alpha value is -5.23. The lowest BCUT2D eigenvalue weighted by molar-refractivity contribution is 0.0970. The molecule has 3 N–H and O–H groups in total. The van der Waals surface area contributed by atoms with Crippen LogP contribution in [0.4, 0.5) is 11.8 Å². The summed E-state index contributed by atoms with van der Waals surface area (Å²) in [5.74, 6) is 0.588. The van der Waals surface area contributed by atoms with Crippen molar-refractivity contribution >= 4 is 23.6 Å². The molecule has 5 rings (SSSR count). The molecule has 0 aliphatic heterocycles. The first-order valence-corrected chi connectivity index (χ1v) is 12.3. The van der Waals surface area contributed by atoms with E-state index in [1.54, 1.807) is 13.3 Å². The van der Waals surface area contributed by atoms with Gasteiger partial charge < -0.3 is 20.5 Å². The number of Topliss-reactive ketones (excluding diaryl/α,β-unsaturated/α-hetero) is 1. The number of hydrogen-bond acceptors (Lipinski definition) is 9. The molecule has 1 aliphatic carbocycles. The average Bonchev–Trinajstić information content (AvgIpc) is 2.96. The van der Waals surface area contributed by atoms with Gasteiger partial charge >= 0.3 is 0 Å². The molecule has 9 nitrogen and oxygen atoms in total. The van der Waals surface area contributed by atoms with Crippen molar-refractivity contribution in [3.63, 3.8) is 0 Å². The molecule has 2 aromatic heterocycles. The van der Waals surface area contributed by atoms with Crippen LogP contribution >= 0.6 is 0 Å². The lowest BCUT2D eigenvalue weighted by Gasteiger charge is -2.31. The topological polar surface area (TPSA) is 136 Å². The van der Waals surface area contributed by atoms with E-state index in [0.29, 0.717) is 23.0 Å². The first kappa shape index (κ1) is 25.4. The summed E-state index contributed by atoms with van der Waals surface area (Å²) in [5, 5.41) is 12.8. The first-order chi connectivity index (χ1) is 18.9. The van der Waals surface area contributed by atoms with Gasteiger partial charge in [0.1, 0.15) is 17.5 Å². The maximum Gasteiger partial charge on any atom is 0.256 e. The number of fused-ring (bicyclic) bond motifs is 1. The summed E-state index contributed by atoms with van der Waals surface area (Å²) in [5.41, 5.74) is 10.6. The summed E-state index contributed by atoms with van der Waals surface area (Å²) in [6.45, 7) is 1.93. The molecule has 2 heterocycles. The van der Waals surface area contributed by atoms with E-state index in [4.69, 9.17) is 15.2 Å². The fourth-order valence-corrected chi connectivity index (χ4v) is 4.88. The van der Waals surface area contributed by atoms with Crippen LogP contribution in [0.15, 0.2) is 72.6 Å². The van der Waals surface area contributed by atoms with Crippen LogP contribution in [-0.4, -0.2) is 41.0 Å². The molecule has 0 fully saturated rings. The largest absolute Gasteiger partial charge is 0.491 e. The van der Waals surface area contributed by atoms with Crippen LogP contribution in [0.1, 0.15) is 39.9 Å². The van der Waals surface area contributed by atoms with Gasteiger partial charge in [0.2, 0.25) is 5.95 Å². The number of nitrogens with zero attached hydrogens (tertiary/aromatic N) is 4. The summed E-state index contributed by atoms with van der Waals surface area (Å²) < 4.78 is 10.7. The van der Waals surface area contributed by atoms with Gasteiger partial charge in [0.05, 0.1) is 26.3 Å². The maximum atomic E-state index is 14.4. The van der Waals surface area contributed by atoms with E-state index in [-0.39, 0.29) is 23.3 Å². The number of pyridine rings is 1. The van der Waals surface area contributed by atoms with Crippen molar-refractivity contribution in [2.45, 2.75) is 18.9 Å². The Kier molecular flexibility index (Phi) is 6.93. The van der Waals surface area contributed by atoms with E-state index in [2.05, 4.69) is 26.3 Å². The molecule has 194 valence electrons. The van der Waals surface area contributed by atoms with E-state index < -0.39 is 5.92 Å². The summed E-state index contributed by atoms with van der Waals surface area (Å²) in [6.07, 6.45) is 5.08. The van der Waals surface area contributed by atoms with Gasteiger partial charge in [-0.05, 0) is 35.3 Å². The number of aromatic nitrogens is 3. The number of ketones is 1. The quantitative estimate of drug-likeness (QED) is 0.351. The number of nitriles is 1. The van der Waals surface area contributed by atoms with Gasteiger partial charge in [-0.3, -0.25) is 4.79 Å². The predicted molar refractivity (Wildman–Crippen MR) is 149 cm³/mol. The smallest absolute Gasteiger partial charge is 0.256 e. The highest BCUT2D eigenvalue weighted by molar-refractivity contribution is 6.13. The third-order valence-electron chi connectivity index (χ3n) is 6.72. The van der Waals surface area contributed by atoms with E-state index >= 15 is 0 Å². The maximum absolute atomic E-state index is 14.4. The summed E-state index contributed by atoms with van der Waals surface area (Å²) in [4.78, 5) is 26.9. The number of benzene rings is 2. The molecule has 0 saturated heterocycles.